The number of pyridine rings is 1. The van der Waals surface area contributed by atoms with Gasteiger partial charge in [0.25, 0.3) is 0 Å². The van der Waals surface area contributed by atoms with E-state index in [2.05, 4.69) is 17.6 Å². The molecule has 0 aliphatic carbocycles. The summed E-state index contributed by atoms with van der Waals surface area (Å²) in [6.45, 7) is 1.49. The standard InChI is InChI=1S/C11H15NO3S/c1-7-11(15)10(3-2-9(14)6-16)8(5-13)4-12-7/h4,13,15-16H,2-3,5-6H2,1H3. The van der Waals surface area contributed by atoms with Gasteiger partial charge in [-0.3, -0.25) is 9.78 Å². The Morgan fingerprint density at radius 3 is 2.81 bits per heavy atom. The van der Waals surface area contributed by atoms with Gasteiger partial charge in [-0.1, -0.05) is 0 Å². The van der Waals surface area contributed by atoms with E-state index >= 15 is 0 Å². The lowest BCUT2D eigenvalue weighted by Crippen LogP contribution is -2.05. The first-order valence-corrected chi connectivity index (χ1v) is 5.63. The highest BCUT2D eigenvalue weighted by Gasteiger charge is 2.12. The first-order chi connectivity index (χ1) is 7.60. The first-order valence-electron chi connectivity index (χ1n) is 4.99. The van der Waals surface area contributed by atoms with Crippen LogP contribution in [0.2, 0.25) is 0 Å². The quantitative estimate of drug-likeness (QED) is 0.673. The van der Waals surface area contributed by atoms with Gasteiger partial charge in [0.1, 0.15) is 11.5 Å². The summed E-state index contributed by atoms with van der Waals surface area (Å²) in [7, 11) is 0. The summed E-state index contributed by atoms with van der Waals surface area (Å²) in [5.41, 5.74) is 1.67. The second kappa shape index (κ2) is 5.86. The molecule has 0 spiro atoms. The Morgan fingerprint density at radius 2 is 2.25 bits per heavy atom. The number of aliphatic hydroxyl groups is 1. The van der Waals surface area contributed by atoms with E-state index in [0.29, 0.717) is 29.7 Å². The summed E-state index contributed by atoms with van der Waals surface area (Å²) in [5, 5.41) is 18.9. The average Bonchev–Trinajstić information content (AvgIpc) is 2.30. The van der Waals surface area contributed by atoms with E-state index in [1.807, 2.05) is 0 Å². The zero-order valence-electron chi connectivity index (χ0n) is 9.10. The molecule has 5 heteroatoms. The minimum absolute atomic E-state index is 0.0149. The predicted molar refractivity (Wildman–Crippen MR) is 63.7 cm³/mol. The Morgan fingerprint density at radius 1 is 1.56 bits per heavy atom. The Labute approximate surface area is 99.7 Å². The molecule has 1 heterocycles. The topological polar surface area (TPSA) is 70.4 Å². The number of rotatable bonds is 5. The van der Waals surface area contributed by atoms with Crippen LogP contribution in [0.3, 0.4) is 0 Å². The molecule has 0 saturated carbocycles. The zero-order chi connectivity index (χ0) is 12.1. The van der Waals surface area contributed by atoms with Crippen molar-refractivity contribution >= 4 is 18.4 Å². The molecule has 16 heavy (non-hydrogen) atoms. The summed E-state index contributed by atoms with van der Waals surface area (Å²) in [4.78, 5) is 15.1. The molecule has 0 radical (unpaired) electrons. The predicted octanol–water partition coefficient (Wildman–Crippen LogP) is 1.02. The fourth-order valence-electron chi connectivity index (χ4n) is 1.44. The molecular weight excluding hydrogens is 226 g/mol. The first kappa shape index (κ1) is 13.0. The molecular formula is C11H15NO3S. The molecule has 88 valence electrons. The summed E-state index contributed by atoms with van der Waals surface area (Å²) in [6, 6.07) is 0. The van der Waals surface area contributed by atoms with Crippen LogP contribution >= 0.6 is 12.6 Å². The van der Waals surface area contributed by atoms with Crippen molar-refractivity contribution in [2.45, 2.75) is 26.4 Å². The minimum Gasteiger partial charge on any atom is -0.506 e. The number of ketones is 1. The molecule has 0 fully saturated rings. The van der Waals surface area contributed by atoms with Crippen LogP contribution in [0.1, 0.15) is 23.2 Å². The second-order valence-electron chi connectivity index (χ2n) is 3.55. The third kappa shape index (κ3) is 2.96. The van der Waals surface area contributed by atoms with Gasteiger partial charge in [0, 0.05) is 29.5 Å². The largest absolute Gasteiger partial charge is 0.506 e. The van der Waals surface area contributed by atoms with E-state index in [0.717, 1.165) is 0 Å². The third-order valence-corrected chi connectivity index (χ3v) is 2.78. The van der Waals surface area contributed by atoms with E-state index < -0.39 is 0 Å². The maximum atomic E-state index is 11.1. The van der Waals surface area contributed by atoms with Gasteiger partial charge in [-0.05, 0) is 13.3 Å². The average molecular weight is 241 g/mol. The van der Waals surface area contributed by atoms with E-state index in [9.17, 15) is 9.90 Å². The Balaban J connectivity index is 2.92. The lowest BCUT2D eigenvalue weighted by atomic mass is 10.0. The van der Waals surface area contributed by atoms with Crippen LogP contribution in [0, 0.1) is 6.92 Å². The molecule has 0 saturated heterocycles. The summed E-state index contributed by atoms with van der Waals surface area (Å²) >= 11 is 3.88. The summed E-state index contributed by atoms with van der Waals surface area (Å²) in [5.74, 6) is 0.277. The normalized spacial score (nSPS) is 10.4. The van der Waals surface area contributed by atoms with Crippen molar-refractivity contribution in [3.8, 4) is 5.75 Å². The van der Waals surface area contributed by atoms with Crippen LogP contribution in [0.4, 0.5) is 0 Å². The maximum absolute atomic E-state index is 11.1. The van der Waals surface area contributed by atoms with Gasteiger partial charge in [0.2, 0.25) is 0 Å². The highest BCUT2D eigenvalue weighted by Crippen LogP contribution is 2.25. The smallest absolute Gasteiger partial charge is 0.142 e. The molecule has 0 aliphatic rings. The highest BCUT2D eigenvalue weighted by molar-refractivity contribution is 7.81. The van der Waals surface area contributed by atoms with Crippen molar-refractivity contribution in [1.29, 1.82) is 0 Å². The molecule has 0 bridgehead atoms. The maximum Gasteiger partial charge on any atom is 0.142 e. The van der Waals surface area contributed by atoms with E-state index in [4.69, 9.17) is 5.11 Å². The minimum atomic E-state index is -0.189. The Hall–Kier alpha value is -1.07. The van der Waals surface area contributed by atoms with Gasteiger partial charge in [-0.15, -0.1) is 0 Å². The van der Waals surface area contributed by atoms with E-state index in [1.54, 1.807) is 6.92 Å². The summed E-state index contributed by atoms with van der Waals surface area (Å²) in [6.07, 6.45) is 2.24. The SMILES string of the molecule is Cc1ncc(CO)c(CCC(=O)CS)c1O. The zero-order valence-corrected chi connectivity index (χ0v) is 10.00. The molecule has 4 nitrogen and oxygen atoms in total. The van der Waals surface area contributed by atoms with Crippen molar-refractivity contribution in [3.05, 3.63) is 23.0 Å². The van der Waals surface area contributed by atoms with Gasteiger partial charge in [-0.2, -0.15) is 12.6 Å². The number of carbonyl (C=O) groups excluding carboxylic acids is 1. The second-order valence-corrected chi connectivity index (χ2v) is 3.87. The third-order valence-electron chi connectivity index (χ3n) is 2.43. The van der Waals surface area contributed by atoms with Crippen LogP contribution < -0.4 is 0 Å². The summed E-state index contributed by atoms with van der Waals surface area (Å²) < 4.78 is 0. The lowest BCUT2D eigenvalue weighted by Gasteiger charge is -2.10. The Kier molecular flexibility index (Phi) is 4.76. The molecule has 0 unspecified atom stereocenters. The van der Waals surface area contributed by atoms with E-state index in [-0.39, 0.29) is 23.9 Å². The molecule has 2 N–H and O–H groups in total. The molecule has 1 rings (SSSR count). The molecule has 0 aliphatic heterocycles. The number of aryl methyl sites for hydroxylation is 1. The van der Waals surface area contributed by atoms with Crippen LogP contribution in [0.5, 0.6) is 5.75 Å². The fourth-order valence-corrected chi connectivity index (χ4v) is 1.60. The monoisotopic (exact) mass is 241 g/mol. The van der Waals surface area contributed by atoms with Gasteiger partial charge < -0.3 is 10.2 Å². The van der Waals surface area contributed by atoms with Crippen molar-refractivity contribution in [2.75, 3.05) is 5.75 Å². The van der Waals surface area contributed by atoms with Gasteiger partial charge in [-0.25, -0.2) is 0 Å². The molecule has 0 atom stereocenters. The number of aromatic nitrogens is 1. The number of aromatic hydroxyl groups is 1. The van der Waals surface area contributed by atoms with Crippen molar-refractivity contribution in [1.82, 2.24) is 4.98 Å². The highest BCUT2D eigenvalue weighted by atomic mass is 32.1. The molecule has 0 amide bonds. The van der Waals surface area contributed by atoms with Crippen LogP contribution in [-0.4, -0.2) is 26.7 Å². The Bertz CT molecular complexity index is 393. The molecule has 1 aromatic heterocycles. The number of aliphatic hydroxyl groups excluding tert-OH is 1. The number of hydrogen-bond donors (Lipinski definition) is 3. The number of Topliss-reactive ketones (excluding diaryl/α,β-unsaturated/α-hetero) is 1. The van der Waals surface area contributed by atoms with Crippen LogP contribution in [0.15, 0.2) is 6.20 Å². The van der Waals surface area contributed by atoms with E-state index in [1.165, 1.54) is 6.20 Å². The fraction of sp³-hybridized carbons (Fsp3) is 0.455. The number of hydrogen-bond acceptors (Lipinski definition) is 5. The number of thiol groups is 1. The van der Waals surface area contributed by atoms with Crippen molar-refractivity contribution in [3.63, 3.8) is 0 Å². The lowest BCUT2D eigenvalue weighted by molar-refractivity contribution is -0.116. The van der Waals surface area contributed by atoms with Crippen LogP contribution in [-0.2, 0) is 17.8 Å². The van der Waals surface area contributed by atoms with Gasteiger partial charge >= 0.3 is 0 Å². The van der Waals surface area contributed by atoms with Gasteiger partial charge in [0.05, 0.1) is 12.3 Å². The van der Waals surface area contributed by atoms with Gasteiger partial charge in [0.15, 0.2) is 0 Å². The number of carbonyl (C=O) groups is 1. The molecule has 0 aromatic carbocycles. The molecule has 1 aromatic rings. The van der Waals surface area contributed by atoms with Crippen LogP contribution in [0.25, 0.3) is 0 Å². The van der Waals surface area contributed by atoms with Crippen molar-refractivity contribution < 1.29 is 15.0 Å². The van der Waals surface area contributed by atoms with Crippen molar-refractivity contribution in [2.24, 2.45) is 0 Å². The number of nitrogens with zero attached hydrogens (tertiary/aromatic N) is 1.